The Labute approximate surface area is 126 Å². The van der Waals surface area contributed by atoms with Gasteiger partial charge in [-0.1, -0.05) is 0 Å². The molecule has 0 aliphatic heterocycles. The molecule has 8 heteroatoms. The van der Waals surface area contributed by atoms with E-state index in [9.17, 15) is 4.79 Å². The van der Waals surface area contributed by atoms with Crippen LogP contribution < -0.4 is 26.0 Å². The molecule has 0 unspecified atom stereocenters. The lowest BCUT2D eigenvalue weighted by molar-refractivity contribution is -0.456. The number of carbonyl (C=O) groups excluding carboxylic acids is 1. The summed E-state index contributed by atoms with van der Waals surface area (Å²) in [5, 5.41) is 6.18. The van der Waals surface area contributed by atoms with Crippen molar-refractivity contribution in [1.82, 2.24) is 0 Å². The number of carbonyl (C=O) groups is 1. The molecule has 0 radical (unpaired) electrons. The van der Waals surface area contributed by atoms with Crippen LogP contribution in [-0.2, 0) is 0 Å². The second-order valence-corrected chi connectivity index (χ2v) is 4.09. The molecule has 0 aliphatic rings. The predicted molar refractivity (Wildman–Crippen MR) is 78.6 cm³/mol. The Hall–Kier alpha value is -3.29. The third-order valence-corrected chi connectivity index (χ3v) is 2.54. The molecule has 0 saturated heterocycles. The van der Waals surface area contributed by atoms with Gasteiger partial charge in [0.2, 0.25) is 12.0 Å². The van der Waals surface area contributed by atoms with Crippen LogP contribution in [0.3, 0.4) is 0 Å². The molecule has 0 spiro atoms. The number of methoxy groups -OCH3 is 1. The van der Waals surface area contributed by atoms with Gasteiger partial charge in [-0.3, -0.25) is 0 Å². The number of ether oxygens (including phenoxy) is 2. The van der Waals surface area contributed by atoms with Crippen LogP contribution in [0.25, 0.3) is 0 Å². The number of furan rings is 1. The first-order chi connectivity index (χ1) is 10.6. The lowest BCUT2D eigenvalue weighted by atomic mass is 10.2. The third-order valence-electron chi connectivity index (χ3n) is 2.54. The van der Waals surface area contributed by atoms with E-state index in [0.717, 1.165) is 5.56 Å². The van der Waals surface area contributed by atoms with Gasteiger partial charge in [-0.2, -0.15) is 0 Å². The molecule has 2 rings (SSSR count). The van der Waals surface area contributed by atoms with E-state index in [1.807, 2.05) is 0 Å². The van der Waals surface area contributed by atoms with Gasteiger partial charge in [0.1, 0.15) is 0 Å². The number of benzene rings is 1. The summed E-state index contributed by atoms with van der Waals surface area (Å²) in [4.78, 5) is 11.8. The highest BCUT2D eigenvalue weighted by atomic mass is 16.6. The van der Waals surface area contributed by atoms with Crippen LogP contribution >= 0.6 is 0 Å². The number of hydrogen-bond donors (Lipinski definition) is 3. The number of nitrogens with two attached hydrogens (primary N) is 2. The lowest BCUT2D eigenvalue weighted by Gasteiger charge is -2.08. The normalized spacial score (nSPS) is 10.4. The van der Waals surface area contributed by atoms with E-state index in [2.05, 4.69) is 10.2 Å². The van der Waals surface area contributed by atoms with E-state index in [0.29, 0.717) is 5.75 Å². The first kappa shape index (κ1) is 15.1. The Kier molecular flexibility index (Phi) is 4.76. The summed E-state index contributed by atoms with van der Waals surface area (Å²) in [6.45, 7) is 0. The van der Waals surface area contributed by atoms with E-state index < -0.39 is 5.97 Å². The highest BCUT2D eigenvalue weighted by Gasteiger charge is 2.15. The zero-order valence-electron chi connectivity index (χ0n) is 11.8. The summed E-state index contributed by atoms with van der Waals surface area (Å²) in [6.07, 6.45) is 2.95. The second kappa shape index (κ2) is 6.93. The fourth-order valence-electron chi connectivity index (χ4n) is 1.58. The van der Waals surface area contributed by atoms with Gasteiger partial charge in [-0.15, -0.1) is 5.10 Å². The third kappa shape index (κ3) is 3.85. The van der Waals surface area contributed by atoms with Crippen molar-refractivity contribution in [2.24, 2.45) is 16.6 Å². The smallest absolute Gasteiger partial charge is 0.379 e. The minimum absolute atomic E-state index is 0.0905. The molecule has 114 valence electrons. The average Bonchev–Trinajstić information content (AvgIpc) is 3.02. The fraction of sp³-hybridized carbons (Fsp3) is 0.0714. The predicted octanol–water partition coefficient (Wildman–Crippen LogP) is -0.805. The van der Waals surface area contributed by atoms with Gasteiger partial charge in [0, 0.05) is 10.7 Å². The van der Waals surface area contributed by atoms with E-state index in [-0.39, 0.29) is 17.5 Å². The number of rotatable bonds is 5. The van der Waals surface area contributed by atoms with Crippen LogP contribution in [0.2, 0.25) is 0 Å². The first-order valence-corrected chi connectivity index (χ1v) is 6.21. The Morgan fingerprint density at radius 2 is 2.14 bits per heavy atom. The Morgan fingerprint density at radius 1 is 1.32 bits per heavy atom. The minimum Gasteiger partial charge on any atom is -0.493 e. The van der Waals surface area contributed by atoms with E-state index in [1.54, 1.807) is 30.5 Å². The van der Waals surface area contributed by atoms with Gasteiger partial charge in [0.05, 0.1) is 13.4 Å². The van der Waals surface area contributed by atoms with Gasteiger partial charge < -0.3 is 25.4 Å². The SMILES string of the molecule is COc1cc(/C=[NH+]/N=C(N)N)ccc1OC(=O)c1ccco1. The molecular formula is C14H15N4O4+. The van der Waals surface area contributed by atoms with Crippen molar-refractivity contribution in [3.8, 4) is 11.5 Å². The summed E-state index contributed by atoms with van der Waals surface area (Å²) < 4.78 is 15.4. The standard InChI is InChI=1S/C14H14N4O4/c1-20-12-7-9(8-17-18-14(15)16)4-5-10(12)22-13(19)11-3-2-6-21-11/h2-8H,1H3,(H4,15,16,18)/p+1/b17-8+. The van der Waals surface area contributed by atoms with Gasteiger partial charge in [0.15, 0.2) is 11.5 Å². The maximum absolute atomic E-state index is 11.8. The van der Waals surface area contributed by atoms with Crippen molar-refractivity contribution in [3.63, 3.8) is 0 Å². The van der Waals surface area contributed by atoms with Crippen LogP contribution in [0, 0.1) is 0 Å². The highest BCUT2D eigenvalue weighted by molar-refractivity contribution is 5.88. The van der Waals surface area contributed by atoms with Crippen molar-refractivity contribution in [1.29, 1.82) is 0 Å². The van der Waals surface area contributed by atoms with E-state index in [1.165, 1.54) is 19.4 Å². The summed E-state index contributed by atoms with van der Waals surface area (Å²) >= 11 is 0. The first-order valence-electron chi connectivity index (χ1n) is 6.21. The Bertz CT molecular complexity index is 704. The summed E-state index contributed by atoms with van der Waals surface area (Å²) in [7, 11) is 1.47. The van der Waals surface area contributed by atoms with Crippen molar-refractivity contribution in [2.45, 2.75) is 0 Å². The molecule has 0 amide bonds. The van der Waals surface area contributed by atoms with Gasteiger partial charge in [-0.25, -0.2) is 4.79 Å². The van der Waals surface area contributed by atoms with E-state index >= 15 is 0 Å². The molecule has 1 aromatic heterocycles. The largest absolute Gasteiger partial charge is 0.493 e. The van der Waals surface area contributed by atoms with Crippen LogP contribution in [0.1, 0.15) is 16.1 Å². The van der Waals surface area contributed by atoms with E-state index in [4.69, 9.17) is 25.4 Å². The maximum atomic E-state index is 11.8. The van der Waals surface area contributed by atoms with Crippen LogP contribution in [0.5, 0.6) is 11.5 Å². The van der Waals surface area contributed by atoms with Crippen molar-refractivity contribution >= 4 is 18.1 Å². The molecule has 0 fully saturated rings. The Morgan fingerprint density at radius 3 is 2.77 bits per heavy atom. The topological polar surface area (TPSA) is 127 Å². The van der Waals surface area contributed by atoms with Crippen LogP contribution in [-0.4, -0.2) is 25.3 Å². The molecule has 2 aromatic rings. The zero-order chi connectivity index (χ0) is 15.9. The molecule has 0 bridgehead atoms. The van der Waals surface area contributed by atoms with Crippen LogP contribution in [0.15, 0.2) is 46.1 Å². The fourth-order valence-corrected chi connectivity index (χ4v) is 1.58. The monoisotopic (exact) mass is 303 g/mol. The van der Waals surface area contributed by atoms with Crippen LogP contribution in [0.4, 0.5) is 0 Å². The second-order valence-electron chi connectivity index (χ2n) is 4.09. The van der Waals surface area contributed by atoms with Crippen molar-refractivity contribution < 1.29 is 23.8 Å². The number of esters is 1. The van der Waals surface area contributed by atoms with Gasteiger partial charge in [0.25, 0.3) is 5.96 Å². The number of guanidine groups is 1. The molecule has 1 aromatic carbocycles. The molecule has 0 aliphatic carbocycles. The average molecular weight is 303 g/mol. The van der Waals surface area contributed by atoms with Crippen molar-refractivity contribution in [2.75, 3.05) is 7.11 Å². The molecule has 5 N–H and O–H groups in total. The Balaban J connectivity index is 2.17. The number of nitrogens with zero attached hydrogens (tertiary/aromatic N) is 1. The van der Waals surface area contributed by atoms with Gasteiger partial charge >= 0.3 is 5.97 Å². The zero-order valence-corrected chi connectivity index (χ0v) is 11.8. The number of hydrogen-bond acceptors (Lipinski definition) is 5. The quantitative estimate of drug-likeness (QED) is 0.218. The molecule has 22 heavy (non-hydrogen) atoms. The summed E-state index contributed by atoms with van der Waals surface area (Å²) in [5.41, 5.74) is 11.1. The molecule has 0 saturated carbocycles. The molecule has 1 heterocycles. The van der Waals surface area contributed by atoms with Crippen molar-refractivity contribution in [3.05, 3.63) is 47.9 Å². The minimum atomic E-state index is -0.612. The molecule has 8 nitrogen and oxygen atoms in total. The number of nitrogens with one attached hydrogen (secondary N) is 1. The highest BCUT2D eigenvalue weighted by Crippen LogP contribution is 2.28. The molecule has 0 atom stereocenters. The summed E-state index contributed by atoms with van der Waals surface area (Å²) in [6, 6.07) is 8.04. The molecular weight excluding hydrogens is 288 g/mol. The maximum Gasteiger partial charge on any atom is 0.379 e. The number of hydrazone groups is 1. The van der Waals surface area contributed by atoms with Gasteiger partial charge in [-0.05, 0) is 30.3 Å². The lowest BCUT2D eigenvalue weighted by Crippen LogP contribution is -2.63. The summed E-state index contributed by atoms with van der Waals surface area (Å²) in [5.74, 6) is 0.0426.